The van der Waals surface area contributed by atoms with Crippen LogP contribution in [0.25, 0.3) is 22.5 Å². The van der Waals surface area contributed by atoms with Gasteiger partial charge in [-0.15, -0.1) is 5.10 Å². The zero-order valence-corrected chi connectivity index (χ0v) is 14.3. The summed E-state index contributed by atoms with van der Waals surface area (Å²) in [6, 6.07) is 17.9. The van der Waals surface area contributed by atoms with Gasteiger partial charge in [0.15, 0.2) is 0 Å². The Bertz CT molecular complexity index is 938. The van der Waals surface area contributed by atoms with Crippen LogP contribution in [0.2, 0.25) is 0 Å². The minimum absolute atomic E-state index is 0.285. The van der Waals surface area contributed by atoms with Crippen LogP contribution in [0.4, 0.5) is 0 Å². The standard InChI is InChI=1S/C21H21N3/c1-12(2)24-21-17-11-7-5-9-15(17)19-13(3)18(19)14-8-4-6-10-16(14)20(21)22-23-24/h4-13,18-19H,1-3H3. The number of nitrogens with zero attached hydrogens (tertiary/aromatic N) is 3. The molecule has 0 saturated heterocycles. The molecule has 0 amide bonds. The maximum absolute atomic E-state index is 4.61. The maximum atomic E-state index is 4.61. The highest BCUT2D eigenvalue weighted by Crippen LogP contribution is 2.64. The van der Waals surface area contributed by atoms with Crippen molar-refractivity contribution in [3.05, 3.63) is 59.7 Å². The monoisotopic (exact) mass is 315 g/mol. The van der Waals surface area contributed by atoms with E-state index < -0.39 is 0 Å². The summed E-state index contributed by atoms with van der Waals surface area (Å²) in [5, 5.41) is 9.11. The Labute approximate surface area is 142 Å². The molecule has 1 aromatic heterocycles. The van der Waals surface area contributed by atoms with E-state index in [4.69, 9.17) is 0 Å². The van der Waals surface area contributed by atoms with Gasteiger partial charge in [-0.3, -0.25) is 0 Å². The van der Waals surface area contributed by atoms with Gasteiger partial charge in [-0.1, -0.05) is 60.7 Å². The van der Waals surface area contributed by atoms with Gasteiger partial charge < -0.3 is 0 Å². The van der Waals surface area contributed by atoms with Crippen molar-refractivity contribution in [2.75, 3.05) is 0 Å². The van der Waals surface area contributed by atoms with Crippen LogP contribution >= 0.6 is 0 Å². The Hall–Kier alpha value is -2.42. The highest BCUT2D eigenvalue weighted by atomic mass is 15.4. The Morgan fingerprint density at radius 3 is 2.12 bits per heavy atom. The molecule has 1 heterocycles. The molecule has 0 radical (unpaired) electrons. The van der Waals surface area contributed by atoms with Crippen LogP contribution in [-0.4, -0.2) is 15.0 Å². The number of hydrogen-bond donors (Lipinski definition) is 0. The maximum Gasteiger partial charge on any atom is 0.121 e. The molecule has 0 bridgehead atoms. The Balaban J connectivity index is 1.90. The SMILES string of the molecule is CC1C2c3ccccc3-c3nnn(C(C)C)c3-c3ccccc3C12. The molecule has 2 aliphatic carbocycles. The van der Waals surface area contributed by atoms with Crippen LogP contribution in [0.3, 0.4) is 0 Å². The lowest BCUT2D eigenvalue weighted by atomic mass is 9.89. The third kappa shape index (κ3) is 1.73. The third-order valence-corrected chi connectivity index (χ3v) is 5.71. The average molecular weight is 315 g/mol. The van der Waals surface area contributed by atoms with Gasteiger partial charge in [0, 0.05) is 17.2 Å². The lowest BCUT2D eigenvalue weighted by Gasteiger charge is -2.18. The molecule has 0 N–H and O–H groups in total. The molecule has 5 rings (SSSR count). The second kappa shape index (κ2) is 4.79. The molecule has 1 fully saturated rings. The summed E-state index contributed by atoms with van der Waals surface area (Å²) in [6.45, 7) is 6.72. The zero-order chi connectivity index (χ0) is 16.4. The van der Waals surface area contributed by atoms with Crippen LogP contribution in [0, 0.1) is 5.92 Å². The Kier molecular flexibility index (Phi) is 2.79. The fourth-order valence-corrected chi connectivity index (χ4v) is 4.51. The van der Waals surface area contributed by atoms with Crippen molar-refractivity contribution in [3.8, 4) is 22.5 Å². The topological polar surface area (TPSA) is 30.7 Å². The second-order valence-corrected chi connectivity index (χ2v) is 7.41. The summed E-state index contributed by atoms with van der Waals surface area (Å²) < 4.78 is 2.08. The van der Waals surface area contributed by atoms with E-state index in [1.54, 1.807) is 0 Å². The third-order valence-electron chi connectivity index (χ3n) is 5.71. The van der Waals surface area contributed by atoms with E-state index >= 15 is 0 Å². The Morgan fingerprint density at radius 1 is 0.875 bits per heavy atom. The predicted molar refractivity (Wildman–Crippen MR) is 95.9 cm³/mol. The first-order valence-corrected chi connectivity index (χ1v) is 8.82. The molecule has 0 spiro atoms. The van der Waals surface area contributed by atoms with Crippen LogP contribution in [0.1, 0.15) is 49.8 Å². The van der Waals surface area contributed by atoms with Crippen molar-refractivity contribution >= 4 is 0 Å². The molecule has 3 nitrogen and oxygen atoms in total. The van der Waals surface area contributed by atoms with Gasteiger partial charge >= 0.3 is 0 Å². The minimum atomic E-state index is 0.285. The van der Waals surface area contributed by atoms with E-state index in [0.29, 0.717) is 17.8 Å². The van der Waals surface area contributed by atoms with E-state index in [1.807, 2.05) is 0 Å². The molecule has 1 saturated carbocycles. The fourth-order valence-electron chi connectivity index (χ4n) is 4.51. The molecule has 24 heavy (non-hydrogen) atoms. The second-order valence-electron chi connectivity index (χ2n) is 7.41. The van der Waals surface area contributed by atoms with Gasteiger partial charge in [-0.25, -0.2) is 4.68 Å². The minimum Gasteiger partial charge on any atom is -0.242 e. The van der Waals surface area contributed by atoms with E-state index in [2.05, 4.69) is 84.3 Å². The van der Waals surface area contributed by atoms with E-state index in [-0.39, 0.29) is 6.04 Å². The van der Waals surface area contributed by atoms with Gasteiger partial charge in [0.1, 0.15) is 5.69 Å². The summed E-state index contributed by atoms with van der Waals surface area (Å²) in [4.78, 5) is 0. The fraction of sp³-hybridized carbons (Fsp3) is 0.333. The van der Waals surface area contributed by atoms with E-state index in [9.17, 15) is 0 Å². The number of hydrogen-bond acceptors (Lipinski definition) is 2. The molecule has 120 valence electrons. The summed E-state index contributed by atoms with van der Waals surface area (Å²) in [5.41, 5.74) is 7.65. The van der Waals surface area contributed by atoms with Gasteiger partial charge in [0.25, 0.3) is 0 Å². The first kappa shape index (κ1) is 14.0. The van der Waals surface area contributed by atoms with Gasteiger partial charge in [0.2, 0.25) is 0 Å². The van der Waals surface area contributed by atoms with Gasteiger partial charge in [-0.2, -0.15) is 0 Å². The van der Waals surface area contributed by atoms with Crippen molar-refractivity contribution in [3.63, 3.8) is 0 Å². The zero-order valence-electron chi connectivity index (χ0n) is 14.3. The van der Waals surface area contributed by atoms with E-state index in [1.165, 1.54) is 27.9 Å². The molecular weight excluding hydrogens is 294 g/mol. The number of benzene rings is 2. The summed E-state index contributed by atoms with van der Waals surface area (Å²) in [5.74, 6) is 1.88. The first-order valence-electron chi connectivity index (χ1n) is 8.82. The highest BCUT2D eigenvalue weighted by molar-refractivity contribution is 5.84. The smallest absolute Gasteiger partial charge is 0.121 e. The summed E-state index contributed by atoms with van der Waals surface area (Å²) in [6.07, 6.45) is 0. The molecule has 3 unspecified atom stereocenters. The van der Waals surface area contributed by atoms with Crippen molar-refractivity contribution in [1.82, 2.24) is 15.0 Å². The molecule has 2 aliphatic rings. The molecular formula is C21H21N3. The lowest BCUT2D eigenvalue weighted by Crippen LogP contribution is -2.07. The molecule has 0 aliphatic heterocycles. The summed E-state index contributed by atoms with van der Waals surface area (Å²) in [7, 11) is 0. The molecule has 2 aromatic carbocycles. The van der Waals surface area contributed by atoms with Crippen LogP contribution in [0.15, 0.2) is 48.5 Å². The van der Waals surface area contributed by atoms with Crippen LogP contribution in [0.5, 0.6) is 0 Å². The van der Waals surface area contributed by atoms with Crippen molar-refractivity contribution < 1.29 is 0 Å². The van der Waals surface area contributed by atoms with Gasteiger partial charge in [0.05, 0.1) is 5.69 Å². The van der Waals surface area contributed by atoms with E-state index in [0.717, 1.165) is 5.69 Å². The normalized spacial score (nSPS) is 23.6. The molecule has 3 heteroatoms. The average Bonchev–Trinajstić information content (AvgIpc) is 3.04. The molecule has 3 aromatic rings. The van der Waals surface area contributed by atoms with Crippen molar-refractivity contribution in [2.24, 2.45) is 5.92 Å². The largest absolute Gasteiger partial charge is 0.242 e. The first-order chi connectivity index (χ1) is 11.7. The van der Waals surface area contributed by atoms with Gasteiger partial charge in [-0.05, 0) is 42.7 Å². The number of fused-ring (bicyclic) bond motifs is 8. The number of rotatable bonds is 1. The summed E-state index contributed by atoms with van der Waals surface area (Å²) >= 11 is 0. The van der Waals surface area contributed by atoms with Crippen molar-refractivity contribution in [1.29, 1.82) is 0 Å². The van der Waals surface area contributed by atoms with Crippen LogP contribution < -0.4 is 0 Å². The van der Waals surface area contributed by atoms with Crippen LogP contribution in [-0.2, 0) is 0 Å². The Morgan fingerprint density at radius 2 is 1.46 bits per heavy atom. The quantitative estimate of drug-likeness (QED) is 0.631. The lowest BCUT2D eigenvalue weighted by molar-refractivity contribution is 0.519. The van der Waals surface area contributed by atoms with Crippen molar-refractivity contribution in [2.45, 2.75) is 38.6 Å². The molecule has 3 atom stereocenters. The predicted octanol–water partition coefficient (Wildman–Crippen LogP) is 5.02. The number of aromatic nitrogens is 3. The highest BCUT2D eigenvalue weighted by Gasteiger charge is 2.51.